The maximum atomic E-state index is 11.7. The van der Waals surface area contributed by atoms with Gasteiger partial charge in [-0.3, -0.25) is 4.79 Å². The average Bonchev–Trinajstić information content (AvgIpc) is 2.27. The molecule has 1 aromatic rings. The molecule has 18 heavy (non-hydrogen) atoms. The van der Waals surface area contributed by atoms with Crippen LogP contribution in [0.1, 0.15) is 55.5 Å². The molecule has 0 aromatic heterocycles. The molecule has 0 fully saturated rings. The van der Waals surface area contributed by atoms with Crippen molar-refractivity contribution in [3.05, 3.63) is 35.4 Å². The molecule has 0 aliphatic heterocycles. The minimum Gasteiger partial charge on any atom is -0.478 e. The Morgan fingerprint density at radius 1 is 1.06 bits per heavy atom. The van der Waals surface area contributed by atoms with Gasteiger partial charge in [-0.2, -0.15) is 0 Å². The molecule has 98 valence electrons. The molecule has 0 radical (unpaired) electrons. The van der Waals surface area contributed by atoms with E-state index >= 15 is 0 Å². The van der Waals surface area contributed by atoms with E-state index in [0.29, 0.717) is 18.8 Å². The van der Waals surface area contributed by atoms with Crippen molar-refractivity contribution >= 4 is 11.8 Å². The van der Waals surface area contributed by atoms with Crippen LogP contribution >= 0.6 is 0 Å². The SMILES string of the molecule is CC(C)CC(=O)C[C@@H](C)c1ccc(C(=O)O)cc1. The minimum atomic E-state index is -0.926. The number of rotatable bonds is 6. The van der Waals surface area contributed by atoms with Gasteiger partial charge in [-0.15, -0.1) is 0 Å². The van der Waals surface area contributed by atoms with Crippen molar-refractivity contribution in [3.63, 3.8) is 0 Å². The first-order chi connectivity index (χ1) is 8.40. The third-order valence-electron chi connectivity index (χ3n) is 2.90. The van der Waals surface area contributed by atoms with E-state index in [4.69, 9.17) is 5.11 Å². The van der Waals surface area contributed by atoms with E-state index in [0.717, 1.165) is 5.56 Å². The Morgan fingerprint density at radius 3 is 2.06 bits per heavy atom. The van der Waals surface area contributed by atoms with Gasteiger partial charge in [-0.25, -0.2) is 4.79 Å². The average molecular weight is 248 g/mol. The highest BCUT2D eigenvalue weighted by Crippen LogP contribution is 2.21. The monoisotopic (exact) mass is 248 g/mol. The first kappa shape index (κ1) is 14.4. The molecule has 0 heterocycles. The third-order valence-corrected chi connectivity index (χ3v) is 2.90. The van der Waals surface area contributed by atoms with E-state index in [1.165, 1.54) is 0 Å². The number of benzene rings is 1. The second kappa shape index (κ2) is 6.34. The molecule has 0 unspecified atom stereocenters. The van der Waals surface area contributed by atoms with Gasteiger partial charge in [0.25, 0.3) is 0 Å². The summed E-state index contributed by atoms with van der Waals surface area (Å²) in [5.74, 6) is -0.136. The number of hydrogen-bond acceptors (Lipinski definition) is 2. The van der Waals surface area contributed by atoms with Crippen LogP contribution in [0, 0.1) is 5.92 Å². The second-order valence-electron chi connectivity index (χ2n) is 5.17. The number of carboxylic acids is 1. The van der Waals surface area contributed by atoms with Crippen LogP contribution in [0.5, 0.6) is 0 Å². The zero-order chi connectivity index (χ0) is 13.7. The molecular formula is C15H20O3. The van der Waals surface area contributed by atoms with Crippen LogP contribution in [0.4, 0.5) is 0 Å². The number of carbonyl (C=O) groups is 2. The van der Waals surface area contributed by atoms with Crippen LogP contribution in [0.2, 0.25) is 0 Å². The molecule has 0 saturated heterocycles. The lowest BCUT2D eigenvalue weighted by Gasteiger charge is -2.12. The number of aromatic carboxylic acids is 1. The predicted molar refractivity (Wildman–Crippen MR) is 70.9 cm³/mol. The van der Waals surface area contributed by atoms with E-state index in [1.54, 1.807) is 24.3 Å². The smallest absolute Gasteiger partial charge is 0.335 e. The molecular weight excluding hydrogens is 228 g/mol. The maximum absolute atomic E-state index is 11.7. The summed E-state index contributed by atoms with van der Waals surface area (Å²) in [7, 11) is 0. The minimum absolute atomic E-state index is 0.138. The zero-order valence-corrected chi connectivity index (χ0v) is 11.1. The molecule has 1 N–H and O–H groups in total. The van der Waals surface area contributed by atoms with E-state index in [1.807, 2.05) is 20.8 Å². The molecule has 0 aliphatic carbocycles. The van der Waals surface area contributed by atoms with Crippen LogP contribution in [0.3, 0.4) is 0 Å². The third kappa shape index (κ3) is 4.32. The summed E-state index contributed by atoms with van der Waals surface area (Å²) in [6.07, 6.45) is 1.13. The fourth-order valence-corrected chi connectivity index (χ4v) is 1.95. The quantitative estimate of drug-likeness (QED) is 0.838. The second-order valence-corrected chi connectivity index (χ2v) is 5.17. The normalized spacial score (nSPS) is 12.4. The van der Waals surface area contributed by atoms with Crippen LogP contribution in [0.25, 0.3) is 0 Å². The molecule has 1 atom stereocenters. The van der Waals surface area contributed by atoms with Crippen molar-refractivity contribution in [2.24, 2.45) is 5.92 Å². The number of carbonyl (C=O) groups excluding carboxylic acids is 1. The van der Waals surface area contributed by atoms with Gasteiger partial charge >= 0.3 is 5.97 Å². The number of carboxylic acid groups (broad SMARTS) is 1. The molecule has 0 saturated carbocycles. The topological polar surface area (TPSA) is 54.4 Å². The van der Waals surface area contributed by atoms with E-state index in [2.05, 4.69) is 0 Å². The number of Topliss-reactive ketones (excluding diaryl/α,β-unsaturated/α-hetero) is 1. The molecule has 1 rings (SSSR count). The molecule has 3 nitrogen and oxygen atoms in total. The van der Waals surface area contributed by atoms with Crippen molar-refractivity contribution in [1.82, 2.24) is 0 Å². The number of hydrogen-bond donors (Lipinski definition) is 1. The van der Waals surface area contributed by atoms with Crippen molar-refractivity contribution in [2.75, 3.05) is 0 Å². The highest BCUT2D eigenvalue weighted by molar-refractivity contribution is 5.87. The molecule has 0 aliphatic rings. The fourth-order valence-electron chi connectivity index (χ4n) is 1.95. The van der Waals surface area contributed by atoms with Gasteiger partial charge in [0.15, 0.2) is 0 Å². The van der Waals surface area contributed by atoms with Crippen molar-refractivity contribution < 1.29 is 14.7 Å². The van der Waals surface area contributed by atoms with E-state index < -0.39 is 5.97 Å². The summed E-state index contributed by atoms with van der Waals surface area (Å²) in [6.45, 7) is 6.06. The van der Waals surface area contributed by atoms with Gasteiger partial charge in [0.1, 0.15) is 5.78 Å². The largest absolute Gasteiger partial charge is 0.478 e. The predicted octanol–water partition coefficient (Wildman–Crippen LogP) is 3.49. The standard InChI is InChI=1S/C15H20O3/c1-10(2)8-14(16)9-11(3)12-4-6-13(7-5-12)15(17)18/h4-7,10-11H,8-9H2,1-3H3,(H,17,18)/t11-/m1/s1. The lowest BCUT2D eigenvalue weighted by atomic mass is 9.92. The molecule has 0 spiro atoms. The van der Waals surface area contributed by atoms with E-state index in [-0.39, 0.29) is 17.3 Å². The molecule has 1 aromatic carbocycles. The van der Waals surface area contributed by atoms with Crippen molar-refractivity contribution in [2.45, 2.75) is 39.5 Å². The summed E-state index contributed by atoms with van der Waals surface area (Å²) < 4.78 is 0. The summed E-state index contributed by atoms with van der Waals surface area (Å²) in [6, 6.07) is 6.75. The Hall–Kier alpha value is -1.64. The number of ketones is 1. The zero-order valence-electron chi connectivity index (χ0n) is 11.1. The summed E-state index contributed by atoms with van der Waals surface area (Å²) in [4.78, 5) is 22.4. The van der Waals surface area contributed by atoms with E-state index in [9.17, 15) is 9.59 Å². The van der Waals surface area contributed by atoms with Crippen molar-refractivity contribution in [1.29, 1.82) is 0 Å². The highest BCUT2D eigenvalue weighted by atomic mass is 16.4. The van der Waals surface area contributed by atoms with Crippen LogP contribution in [-0.4, -0.2) is 16.9 Å². The van der Waals surface area contributed by atoms with Gasteiger partial charge in [0.2, 0.25) is 0 Å². The Labute approximate surface area is 108 Å². The summed E-state index contributed by atoms with van der Waals surface area (Å²) in [5, 5.41) is 8.80. The van der Waals surface area contributed by atoms with Gasteiger partial charge < -0.3 is 5.11 Å². The maximum Gasteiger partial charge on any atom is 0.335 e. The Kier molecular flexibility index (Phi) is 5.08. The van der Waals surface area contributed by atoms with Crippen molar-refractivity contribution in [3.8, 4) is 0 Å². The lowest BCUT2D eigenvalue weighted by Crippen LogP contribution is -2.07. The summed E-state index contributed by atoms with van der Waals surface area (Å²) in [5.41, 5.74) is 1.29. The lowest BCUT2D eigenvalue weighted by molar-refractivity contribution is -0.120. The molecule has 3 heteroatoms. The highest BCUT2D eigenvalue weighted by Gasteiger charge is 2.13. The van der Waals surface area contributed by atoms with Crippen LogP contribution in [0.15, 0.2) is 24.3 Å². The van der Waals surface area contributed by atoms with Crippen LogP contribution in [-0.2, 0) is 4.79 Å². The van der Waals surface area contributed by atoms with Gasteiger partial charge in [-0.05, 0) is 29.5 Å². The Balaban J connectivity index is 2.64. The Morgan fingerprint density at radius 2 is 1.61 bits per heavy atom. The molecule has 0 bridgehead atoms. The van der Waals surface area contributed by atoms with Gasteiger partial charge in [0, 0.05) is 12.8 Å². The van der Waals surface area contributed by atoms with Crippen LogP contribution < -0.4 is 0 Å². The fraction of sp³-hybridized carbons (Fsp3) is 0.467. The van der Waals surface area contributed by atoms with Gasteiger partial charge in [0.05, 0.1) is 5.56 Å². The first-order valence-corrected chi connectivity index (χ1v) is 6.25. The summed E-state index contributed by atoms with van der Waals surface area (Å²) >= 11 is 0. The Bertz CT molecular complexity index is 418. The molecule has 0 amide bonds. The van der Waals surface area contributed by atoms with Gasteiger partial charge in [-0.1, -0.05) is 32.9 Å². The first-order valence-electron chi connectivity index (χ1n) is 6.25.